The van der Waals surface area contributed by atoms with Gasteiger partial charge in [-0.15, -0.1) is 0 Å². The summed E-state index contributed by atoms with van der Waals surface area (Å²) in [5.41, 5.74) is -1.31. The van der Waals surface area contributed by atoms with Gasteiger partial charge in [-0.1, -0.05) is 12.1 Å². The largest absolute Gasteiger partial charge is 0.443 e. The SMILES string of the molecule is CC(C)(C)C(=O)OCn1c(=O)[nH]c2ccccc2c1=O. The number of nitrogens with one attached hydrogen (secondary N) is 1. The number of ether oxygens (including phenoxy) is 1. The number of fused-ring (bicyclic) bond motifs is 1. The number of aromatic nitrogens is 2. The van der Waals surface area contributed by atoms with Gasteiger partial charge >= 0.3 is 11.7 Å². The van der Waals surface area contributed by atoms with Crippen molar-refractivity contribution >= 4 is 16.9 Å². The van der Waals surface area contributed by atoms with Crippen molar-refractivity contribution in [1.82, 2.24) is 9.55 Å². The number of hydrogen-bond acceptors (Lipinski definition) is 4. The molecule has 0 fully saturated rings. The van der Waals surface area contributed by atoms with Crippen LogP contribution in [0.25, 0.3) is 10.9 Å². The van der Waals surface area contributed by atoms with Gasteiger partial charge in [0.1, 0.15) is 0 Å². The maximum atomic E-state index is 12.2. The minimum atomic E-state index is -0.687. The number of esters is 1. The van der Waals surface area contributed by atoms with Gasteiger partial charge in [0.2, 0.25) is 0 Å². The number of carbonyl (C=O) groups is 1. The summed E-state index contributed by atoms with van der Waals surface area (Å²) < 4.78 is 5.87. The Bertz CT molecular complexity index is 765. The first kappa shape index (κ1) is 14.0. The molecule has 0 saturated carbocycles. The Kier molecular flexibility index (Phi) is 3.48. The van der Waals surface area contributed by atoms with Gasteiger partial charge in [-0.25, -0.2) is 9.36 Å². The van der Waals surface area contributed by atoms with Gasteiger partial charge in [0.25, 0.3) is 5.56 Å². The normalized spacial score (nSPS) is 11.6. The molecule has 1 N–H and O–H groups in total. The molecule has 0 atom stereocenters. The molecule has 2 rings (SSSR count). The molecule has 106 valence electrons. The number of hydrogen-bond donors (Lipinski definition) is 1. The zero-order valence-electron chi connectivity index (χ0n) is 11.6. The summed E-state index contributed by atoms with van der Waals surface area (Å²) in [6.45, 7) is 4.70. The van der Waals surface area contributed by atoms with E-state index in [4.69, 9.17) is 4.74 Å². The number of nitrogens with zero attached hydrogens (tertiary/aromatic N) is 1. The van der Waals surface area contributed by atoms with Gasteiger partial charge < -0.3 is 9.72 Å². The predicted octanol–water partition coefficient (Wildman–Crippen LogP) is 1.24. The topological polar surface area (TPSA) is 81.2 Å². The lowest BCUT2D eigenvalue weighted by Gasteiger charge is -2.16. The van der Waals surface area contributed by atoms with Crippen LogP contribution in [0, 0.1) is 5.41 Å². The molecule has 6 heteroatoms. The standard InChI is InChI=1S/C14H16N2O4/c1-14(2,3)12(18)20-8-16-11(17)9-6-4-5-7-10(9)15-13(16)19/h4-7H,8H2,1-3H3,(H,15,19). The number of H-pyrrole nitrogens is 1. The van der Waals surface area contributed by atoms with Crippen molar-refractivity contribution in [3.8, 4) is 0 Å². The highest BCUT2D eigenvalue weighted by molar-refractivity contribution is 5.77. The van der Waals surface area contributed by atoms with E-state index < -0.39 is 29.4 Å². The molecule has 0 aliphatic heterocycles. The van der Waals surface area contributed by atoms with Crippen LogP contribution in [0.1, 0.15) is 20.8 Å². The minimum Gasteiger partial charge on any atom is -0.443 e. The highest BCUT2D eigenvalue weighted by Crippen LogP contribution is 2.15. The number of aromatic amines is 1. The maximum Gasteiger partial charge on any atom is 0.331 e. The quantitative estimate of drug-likeness (QED) is 0.837. The van der Waals surface area contributed by atoms with E-state index in [9.17, 15) is 14.4 Å². The molecule has 1 aromatic heterocycles. The van der Waals surface area contributed by atoms with Crippen LogP contribution in [0.15, 0.2) is 33.9 Å². The average Bonchev–Trinajstić information content (AvgIpc) is 2.37. The molecule has 6 nitrogen and oxygen atoms in total. The van der Waals surface area contributed by atoms with E-state index >= 15 is 0 Å². The highest BCUT2D eigenvalue weighted by atomic mass is 16.5. The van der Waals surface area contributed by atoms with Gasteiger partial charge in [0, 0.05) is 0 Å². The second kappa shape index (κ2) is 4.96. The molecule has 20 heavy (non-hydrogen) atoms. The van der Waals surface area contributed by atoms with Crippen molar-refractivity contribution in [1.29, 1.82) is 0 Å². The lowest BCUT2D eigenvalue weighted by molar-refractivity contribution is -0.157. The first-order chi connectivity index (χ1) is 9.30. The fourth-order valence-electron chi connectivity index (χ4n) is 1.66. The van der Waals surface area contributed by atoms with E-state index in [2.05, 4.69) is 4.98 Å². The Morgan fingerprint density at radius 2 is 1.90 bits per heavy atom. The average molecular weight is 276 g/mol. The molecule has 0 saturated heterocycles. The van der Waals surface area contributed by atoms with Crippen molar-refractivity contribution < 1.29 is 9.53 Å². The van der Waals surface area contributed by atoms with Crippen LogP contribution in [-0.2, 0) is 16.3 Å². The molecule has 0 radical (unpaired) electrons. The van der Waals surface area contributed by atoms with Crippen LogP contribution in [0.2, 0.25) is 0 Å². The Labute approximate surface area is 115 Å². The molecule has 1 heterocycles. The van der Waals surface area contributed by atoms with E-state index in [1.807, 2.05) is 0 Å². The number of benzene rings is 1. The maximum absolute atomic E-state index is 12.2. The Morgan fingerprint density at radius 1 is 1.25 bits per heavy atom. The summed E-state index contributed by atoms with van der Waals surface area (Å²) in [4.78, 5) is 38.2. The Hall–Kier alpha value is -2.37. The fraction of sp³-hybridized carbons (Fsp3) is 0.357. The van der Waals surface area contributed by atoms with Crippen LogP contribution in [0.3, 0.4) is 0 Å². The second-order valence-electron chi connectivity index (χ2n) is 5.52. The van der Waals surface area contributed by atoms with Gasteiger partial charge in [0.15, 0.2) is 6.73 Å². The zero-order valence-corrected chi connectivity index (χ0v) is 11.6. The lowest BCUT2D eigenvalue weighted by Crippen LogP contribution is -2.37. The van der Waals surface area contributed by atoms with Crippen molar-refractivity contribution in [2.24, 2.45) is 5.41 Å². The molecule has 0 amide bonds. The van der Waals surface area contributed by atoms with E-state index in [1.54, 1.807) is 45.0 Å². The van der Waals surface area contributed by atoms with Gasteiger partial charge in [-0.3, -0.25) is 9.59 Å². The van der Waals surface area contributed by atoms with Crippen molar-refractivity contribution in [2.75, 3.05) is 0 Å². The van der Waals surface area contributed by atoms with Crippen molar-refractivity contribution in [3.05, 3.63) is 45.1 Å². The Morgan fingerprint density at radius 3 is 2.55 bits per heavy atom. The highest BCUT2D eigenvalue weighted by Gasteiger charge is 2.23. The molecule has 0 spiro atoms. The van der Waals surface area contributed by atoms with Crippen LogP contribution >= 0.6 is 0 Å². The molecule has 0 bridgehead atoms. The van der Waals surface area contributed by atoms with Crippen LogP contribution in [-0.4, -0.2) is 15.5 Å². The first-order valence-corrected chi connectivity index (χ1v) is 6.20. The summed E-state index contributed by atoms with van der Waals surface area (Å²) in [6, 6.07) is 6.68. The van der Waals surface area contributed by atoms with E-state index in [0.29, 0.717) is 10.9 Å². The van der Waals surface area contributed by atoms with Crippen molar-refractivity contribution in [3.63, 3.8) is 0 Å². The predicted molar refractivity (Wildman–Crippen MR) is 74.4 cm³/mol. The van der Waals surface area contributed by atoms with Crippen molar-refractivity contribution in [2.45, 2.75) is 27.5 Å². The third-order valence-corrected chi connectivity index (χ3v) is 2.83. The summed E-state index contributed by atoms with van der Waals surface area (Å²) >= 11 is 0. The molecule has 0 aliphatic rings. The molecule has 0 unspecified atom stereocenters. The van der Waals surface area contributed by atoms with E-state index in [-0.39, 0.29) is 0 Å². The van der Waals surface area contributed by atoms with Crippen LogP contribution < -0.4 is 11.2 Å². The Balaban J connectivity index is 2.39. The van der Waals surface area contributed by atoms with Crippen LogP contribution in [0.5, 0.6) is 0 Å². The molecular weight excluding hydrogens is 260 g/mol. The lowest BCUT2D eigenvalue weighted by atomic mass is 9.98. The molecule has 0 aliphatic carbocycles. The van der Waals surface area contributed by atoms with E-state index in [0.717, 1.165) is 4.57 Å². The zero-order chi connectivity index (χ0) is 14.9. The summed E-state index contributed by atoms with van der Waals surface area (Å²) in [5, 5.41) is 0.374. The summed E-state index contributed by atoms with van der Waals surface area (Å²) in [7, 11) is 0. The number of rotatable bonds is 2. The third kappa shape index (κ3) is 2.64. The van der Waals surface area contributed by atoms with Crippen LogP contribution in [0.4, 0.5) is 0 Å². The summed E-state index contributed by atoms with van der Waals surface area (Å²) in [6.07, 6.45) is 0. The molecule has 1 aromatic carbocycles. The van der Waals surface area contributed by atoms with Gasteiger partial charge in [-0.05, 0) is 32.9 Å². The fourth-order valence-corrected chi connectivity index (χ4v) is 1.66. The smallest absolute Gasteiger partial charge is 0.331 e. The van der Waals surface area contributed by atoms with Gasteiger partial charge in [-0.2, -0.15) is 0 Å². The molecular formula is C14H16N2O4. The number of para-hydroxylation sites is 1. The minimum absolute atomic E-state index is 0.374. The van der Waals surface area contributed by atoms with E-state index in [1.165, 1.54) is 0 Å². The second-order valence-corrected chi connectivity index (χ2v) is 5.52. The monoisotopic (exact) mass is 276 g/mol. The third-order valence-electron chi connectivity index (χ3n) is 2.83. The number of carbonyl (C=O) groups excluding carboxylic acids is 1. The molecule has 2 aromatic rings. The first-order valence-electron chi connectivity index (χ1n) is 6.20. The summed E-state index contributed by atoms with van der Waals surface area (Å²) in [5.74, 6) is -0.475. The van der Waals surface area contributed by atoms with Gasteiger partial charge in [0.05, 0.1) is 16.3 Å².